The van der Waals surface area contributed by atoms with Gasteiger partial charge in [-0.1, -0.05) is 17.7 Å². The summed E-state index contributed by atoms with van der Waals surface area (Å²) in [7, 11) is -3.25. The van der Waals surface area contributed by atoms with Crippen molar-refractivity contribution in [1.29, 1.82) is 0 Å². The van der Waals surface area contributed by atoms with E-state index in [2.05, 4.69) is 11.2 Å². The topological polar surface area (TPSA) is 34.1 Å². The Morgan fingerprint density at radius 3 is 2.50 bits per heavy atom. The zero-order valence-electron chi connectivity index (χ0n) is 7.83. The van der Waals surface area contributed by atoms with Gasteiger partial charge in [0, 0.05) is 15.8 Å². The standard InChI is InChI=1S/C10H9ClO2S/c1-8-3-4-9(7-10(8)11)5-6-14(2,12)13/h3-4,7H,1-2H3. The summed E-state index contributed by atoms with van der Waals surface area (Å²) in [5, 5.41) is 2.74. The summed E-state index contributed by atoms with van der Waals surface area (Å²) in [5.41, 5.74) is 1.54. The minimum atomic E-state index is -3.25. The first-order valence-corrected chi connectivity index (χ1v) is 6.14. The van der Waals surface area contributed by atoms with Gasteiger partial charge in [-0.2, -0.15) is 0 Å². The molecule has 0 radical (unpaired) electrons. The molecule has 0 heterocycles. The summed E-state index contributed by atoms with van der Waals surface area (Å²) < 4.78 is 21.5. The van der Waals surface area contributed by atoms with Gasteiger partial charge in [-0.3, -0.25) is 0 Å². The van der Waals surface area contributed by atoms with E-state index in [0.29, 0.717) is 10.6 Å². The first-order valence-electron chi connectivity index (χ1n) is 3.87. The lowest BCUT2D eigenvalue weighted by atomic mass is 10.2. The monoisotopic (exact) mass is 228 g/mol. The maximum Gasteiger partial charge on any atom is 0.214 e. The minimum absolute atomic E-state index is 0.588. The van der Waals surface area contributed by atoms with Crippen molar-refractivity contribution >= 4 is 21.4 Å². The number of hydrogen-bond acceptors (Lipinski definition) is 2. The molecule has 0 saturated carbocycles. The third kappa shape index (κ3) is 3.41. The lowest BCUT2D eigenvalue weighted by Crippen LogP contribution is -1.89. The van der Waals surface area contributed by atoms with E-state index in [1.807, 2.05) is 6.92 Å². The second kappa shape index (κ2) is 4.04. The molecular weight excluding hydrogens is 220 g/mol. The molecule has 0 aliphatic heterocycles. The molecule has 0 aliphatic rings. The van der Waals surface area contributed by atoms with Gasteiger partial charge in [0.05, 0.1) is 6.26 Å². The maximum atomic E-state index is 10.7. The van der Waals surface area contributed by atoms with E-state index >= 15 is 0 Å². The van der Waals surface area contributed by atoms with E-state index in [9.17, 15) is 8.42 Å². The highest BCUT2D eigenvalue weighted by molar-refractivity contribution is 7.95. The molecule has 0 aliphatic carbocycles. The van der Waals surface area contributed by atoms with Gasteiger partial charge in [0.15, 0.2) is 0 Å². The summed E-state index contributed by atoms with van der Waals surface area (Å²) in [4.78, 5) is 0. The Morgan fingerprint density at radius 2 is 2.00 bits per heavy atom. The molecule has 2 nitrogen and oxygen atoms in total. The highest BCUT2D eigenvalue weighted by atomic mass is 35.5. The molecule has 0 N–H and O–H groups in total. The SMILES string of the molecule is Cc1ccc(C#CS(C)(=O)=O)cc1Cl. The molecule has 1 aromatic rings. The normalized spacial score (nSPS) is 10.5. The average Bonchev–Trinajstić information content (AvgIpc) is 2.06. The smallest absolute Gasteiger partial charge is 0.214 e. The Hall–Kier alpha value is -0.980. The Morgan fingerprint density at radius 1 is 1.36 bits per heavy atom. The Labute approximate surface area is 88.8 Å². The van der Waals surface area contributed by atoms with Gasteiger partial charge in [-0.05, 0) is 30.5 Å². The van der Waals surface area contributed by atoms with Crippen molar-refractivity contribution < 1.29 is 8.42 Å². The lowest BCUT2D eigenvalue weighted by molar-refractivity contribution is 0.611. The highest BCUT2D eigenvalue weighted by Gasteiger charge is 1.96. The Balaban J connectivity index is 3.10. The molecule has 1 rings (SSSR count). The van der Waals surface area contributed by atoms with Crippen molar-refractivity contribution in [3.63, 3.8) is 0 Å². The fraction of sp³-hybridized carbons (Fsp3) is 0.200. The van der Waals surface area contributed by atoms with Crippen molar-refractivity contribution in [1.82, 2.24) is 0 Å². The molecule has 0 atom stereocenters. The second-order valence-electron chi connectivity index (χ2n) is 2.96. The first kappa shape index (κ1) is 11.1. The maximum absolute atomic E-state index is 10.7. The van der Waals surface area contributed by atoms with Gasteiger partial charge in [0.1, 0.15) is 0 Å². The van der Waals surface area contributed by atoms with E-state index in [0.717, 1.165) is 11.8 Å². The van der Waals surface area contributed by atoms with Crippen LogP contribution in [0.15, 0.2) is 18.2 Å². The van der Waals surface area contributed by atoms with Crippen LogP contribution >= 0.6 is 11.6 Å². The zero-order valence-corrected chi connectivity index (χ0v) is 9.41. The molecular formula is C10H9ClO2S. The van der Waals surface area contributed by atoms with Crippen LogP contribution in [0.3, 0.4) is 0 Å². The summed E-state index contributed by atoms with van der Waals surface area (Å²) in [6.45, 7) is 1.87. The third-order valence-corrected chi connectivity index (χ3v) is 2.43. The molecule has 0 amide bonds. The molecule has 0 fully saturated rings. The van der Waals surface area contributed by atoms with Gasteiger partial charge in [0.2, 0.25) is 9.84 Å². The van der Waals surface area contributed by atoms with Crippen LogP contribution in [-0.4, -0.2) is 14.7 Å². The largest absolute Gasteiger partial charge is 0.216 e. The number of rotatable bonds is 0. The van der Waals surface area contributed by atoms with Crippen LogP contribution in [-0.2, 0) is 9.84 Å². The van der Waals surface area contributed by atoms with E-state index in [-0.39, 0.29) is 0 Å². The van der Waals surface area contributed by atoms with Gasteiger partial charge in [0.25, 0.3) is 0 Å². The van der Waals surface area contributed by atoms with Crippen LogP contribution in [0.1, 0.15) is 11.1 Å². The van der Waals surface area contributed by atoms with Gasteiger partial charge >= 0.3 is 0 Å². The molecule has 4 heteroatoms. The summed E-state index contributed by atoms with van der Waals surface area (Å²) in [6.07, 6.45) is 1.07. The van der Waals surface area contributed by atoms with Crippen molar-refractivity contribution in [3.05, 3.63) is 34.3 Å². The minimum Gasteiger partial charge on any atom is -0.216 e. The molecule has 0 unspecified atom stereocenters. The molecule has 0 spiro atoms. The second-order valence-corrected chi connectivity index (χ2v) is 5.12. The van der Waals surface area contributed by atoms with Crippen molar-refractivity contribution in [2.45, 2.75) is 6.92 Å². The van der Waals surface area contributed by atoms with E-state index in [1.165, 1.54) is 0 Å². The number of sulfone groups is 1. The van der Waals surface area contributed by atoms with Crippen LogP contribution < -0.4 is 0 Å². The van der Waals surface area contributed by atoms with Crippen LogP contribution in [0.5, 0.6) is 0 Å². The molecule has 14 heavy (non-hydrogen) atoms. The fourth-order valence-corrected chi connectivity index (χ4v) is 1.31. The molecule has 0 aromatic heterocycles. The molecule has 0 saturated heterocycles. The zero-order chi connectivity index (χ0) is 10.8. The van der Waals surface area contributed by atoms with Gasteiger partial charge in [-0.25, -0.2) is 8.42 Å². The summed E-state index contributed by atoms with van der Waals surface area (Å²) in [6, 6.07) is 5.18. The van der Waals surface area contributed by atoms with E-state index < -0.39 is 9.84 Å². The van der Waals surface area contributed by atoms with E-state index in [1.54, 1.807) is 18.2 Å². The van der Waals surface area contributed by atoms with Crippen LogP contribution in [0, 0.1) is 18.1 Å². The number of hydrogen-bond donors (Lipinski definition) is 0. The number of halogens is 1. The van der Waals surface area contributed by atoms with Crippen molar-refractivity contribution in [2.24, 2.45) is 0 Å². The molecule has 74 valence electrons. The van der Waals surface area contributed by atoms with Crippen molar-refractivity contribution in [3.8, 4) is 11.2 Å². The van der Waals surface area contributed by atoms with Crippen LogP contribution in [0.25, 0.3) is 0 Å². The fourth-order valence-electron chi connectivity index (χ4n) is 0.822. The number of aryl methyl sites for hydroxylation is 1. The predicted molar refractivity (Wildman–Crippen MR) is 57.9 cm³/mol. The van der Waals surface area contributed by atoms with Crippen molar-refractivity contribution in [2.75, 3.05) is 6.26 Å². The highest BCUT2D eigenvalue weighted by Crippen LogP contribution is 2.15. The van der Waals surface area contributed by atoms with Gasteiger partial charge < -0.3 is 0 Å². The third-order valence-electron chi connectivity index (χ3n) is 1.55. The van der Waals surface area contributed by atoms with E-state index in [4.69, 9.17) is 11.6 Å². The van der Waals surface area contributed by atoms with Crippen LogP contribution in [0.2, 0.25) is 5.02 Å². The number of benzene rings is 1. The average molecular weight is 229 g/mol. The summed E-state index contributed by atoms with van der Waals surface area (Å²) in [5.74, 6) is 2.53. The predicted octanol–water partition coefficient (Wildman–Crippen LogP) is 2.00. The molecule has 0 bridgehead atoms. The first-order chi connectivity index (χ1) is 6.38. The Bertz CT molecular complexity index is 507. The van der Waals surface area contributed by atoms with Gasteiger partial charge in [-0.15, -0.1) is 0 Å². The lowest BCUT2D eigenvalue weighted by Gasteiger charge is -1.96. The quantitative estimate of drug-likeness (QED) is 0.637. The Kier molecular flexibility index (Phi) is 3.20. The summed E-state index contributed by atoms with van der Waals surface area (Å²) >= 11 is 5.85. The molecule has 1 aromatic carbocycles. The van der Waals surface area contributed by atoms with Crippen LogP contribution in [0.4, 0.5) is 0 Å².